The van der Waals surface area contributed by atoms with Gasteiger partial charge in [0.1, 0.15) is 18.0 Å². The second-order valence-corrected chi connectivity index (χ2v) is 6.81. The summed E-state index contributed by atoms with van der Waals surface area (Å²) in [7, 11) is 0. The van der Waals surface area contributed by atoms with Gasteiger partial charge in [0.25, 0.3) is 0 Å². The maximum absolute atomic E-state index is 12.3. The lowest BCUT2D eigenvalue weighted by molar-refractivity contribution is -0.264. The van der Waals surface area contributed by atoms with Crippen LogP contribution in [0.5, 0.6) is 5.75 Å². The summed E-state index contributed by atoms with van der Waals surface area (Å²) in [6.07, 6.45) is 0.719. The predicted molar refractivity (Wildman–Crippen MR) is 73.1 cm³/mol. The van der Waals surface area contributed by atoms with Crippen LogP contribution in [0.15, 0.2) is 18.2 Å². The number of aromatic hydroxyl groups is 1. The number of nitrogens with one attached hydrogen (secondary N) is 1. The molecule has 5 heteroatoms. The third kappa shape index (κ3) is 1.15. The van der Waals surface area contributed by atoms with E-state index in [1.807, 2.05) is 6.07 Å². The smallest absolute Gasteiger partial charge is 0.191 e. The summed E-state index contributed by atoms with van der Waals surface area (Å²) in [5.41, 5.74) is 0.324. The molecule has 4 fully saturated rings. The summed E-state index contributed by atoms with van der Waals surface area (Å²) < 4.78 is 5.78. The van der Waals surface area contributed by atoms with Crippen molar-refractivity contribution >= 4 is 5.78 Å². The van der Waals surface area contributed by atoms with Crippen LogP contribution in [0.2, 0.25) is 0 Å². The molecule has 6 rings (SSSR count). The van der Waals surface area contributed by atoms with E-state index < -0.39 is 23.2 Å². The Morgan fingerprint density at radius 2 is 2.24 bits per heavy atom. The van der Waals surface area contributed by atoms with Crippen LogP contribution >= 0.6 is 0 Å². The van der Waals surface area contributed by atoms with E-state index in [1.165, 1.54) is 0 Å². The lowest BCUT2D eigenvalue weighted by Crippen LogP contribution is -2.83. The number of Topliss-reactive ketones (excluding diaryl/α,β-unsaturated/α-hetero) is 1. The molecule has 0 radical (unpaired) electrons. The van der Waals surface area contributed by atoms with E-state index in [0.717, 1.165) is 24.1 Å². The van der Waals surface area contributed by atoms with Crippen molar-refractivity contribution in [3.05, 3.63) is 29.3 Å². The van der Waals surface area contributed by atoms with Crippen molar-refractivity contribution < 1.29 is 19.7 Å². The van der Waals surface area contributed by atoms with E-state index in [4.69, 9.17) is 4.74 Å². The molecule has 21 heavy (non-hydrogen) atoms. The Balaban J connectivity index is 1.82. The number of carbonyl (C=O) groups is 1. The number of phenols is 1. The number of benzene rings is 1. The molecule has 0 spiro atoms. The van der Waals surface area contributed by atoms with Gasteiger partial charge in [-0.2, -0.15) is 0 Å². The number of piperidine rings is 1. The number of hydrogen-bond donors (Lipinski definition) is 3. The van der Waals surface area contributed by atoms with Crippen molar-refractivity contribution in [2.24, 2.45) is 0 Å². The minimum absolute atomic E-state index is 0.0507. The van der Waals surface area contributed by atoms with Crippen LogP contribution in [0.1, 0.15) is 24.0 Å². The van der Waals surface area contributed by atoms with Crippen molar-refractivity contribution in [1.29, 1.82) is 0 Å². The van der Waals surface area contributed by atoms with Crippen LogP contribution in [0.3, 0.4) is 0 Å². The van der Waals surface area contributed by atoms with Crippen LogP contribution in [0.25, 0.3) is 0 Å². The van der Waals surface area contributed by atoms with Crippen LogP contribution in [0.4, 0.5) is 0 Å². The fourth-order valence-electron chi connectivity index (χ4n) is 5.14. The molecule has 5 nitrogen and oxygen atoms in total. The molecule has 3 saturated heterocycles. The summed E-state index contributed by atoms with van der Waals surface area (Å²) in [6.45, 7) is 0.750. The van der Waals surface area contributed by atoms with Crippen molar-refractivity contribution in [1.82, 2.24) is 5.32 Å². The van der Waals surface area contributed by atoms with E-state index in [2.05, 4.69) is 5.32 Å². The largest absolute Gasteiger partial charge is 0.508 e. The number of hydrogen-bond acceptors (Lipinski definition) is 5. The fourth-order valence-corrected chi connectivity index (χ4v) is 5.14. The highest BCUT2D eigenvalue weighted by Crippen LogP contribution is 2.60. The van der Waals surface area contributed by atoms with Gasteiger partial charge >= 0.3 is 0 Å². The molecule has 1 saturated carbocycles. The van der Waals surface area contributed by atoms with Crippen molar-refractivity contribution in [2.75, 3.05) is 6.54 Å². The molecular weight excluding hydrogens is 270 g/mol. The highest BCUT2D eigenvalue weighted by molar-refractivity contribution is 5.95. The van der Waals surface area contributed by atoms with Gasteiger partial charge in [-0.3, -0.25) is 4.79 Å². The second kappa shape index (κ2) is 3.48. The van der Waals surface area contributed by atoms with Crippen molar-refractivity contribution in [3.8, 4) is 5.75 Å². The molecule has 0 aromatic heterocycles. The highest BCUT2D eigenvalue weighted by Gasteiger charge is 2.74. The number of ketones is 1. The van der Waals surface area contributed by atoms with Crippen molar-refractivity contribution in [2.45, 2.75) is 48.5 Å². The van der Waals surface area contributed by atoms with Crippen LogP contribution in [0, 0.1) is 0 Å². The fraction of sp³-hybridized carbons (Fsp3) is 0.562. The Morgan fingerprint density at radius 3 is 3.05 bits per heavy atom. The molecule has 1 aromatic carbocycles. The van der Waals surface area contributed by atoms with Gasteiger partial charge in [0.05, 0.1) is 11.0 Å². The standard InChI is InChI=1S/C16H17NO4/c18-9-2-1-8-5-12-16(20)7-11-13(19)14(21-11)15(16,3-4-17-12)10(8)6-9/h1-2,6,11-12,14,17-18,20H,3-5,7H2/t11?,12-,14?,15+,16-/m1/s1. The quantitative estimate of drug-likeness (QED) is 0.627. The number of phenolic OH excluding ortho intramolecular Hbond substituents is 1. The van der Waals surface area contributed by atoms with Crippen LogP contribution in [-0.2, 0) is 21.4 Å². The summed E-state index contributed by atoms with van der Waals surface area (Å²) in [6, 6.07) is 5.24. The molecule has 3 heterocycles. The molecule has 2 unspecified atom stereocenters. The SMILES string of the molecule is O=C1C2C[C@@]3(O)[C@H]4Cc5ccc(O)cc5[C@@]3(CCN4)C1O2. The lowest BCUT2D eigenvalue weighted by atomic mass is 9.46. The first-order valence-corrected chi connectivity index (χ1v) is 7.53. The van der Waals surface area contributed by atoms with E-state index in [9.17, 15) is 15.0 Å². The van der Waals surface area contributed by atoms with Gasteiger partial charge in [-0.1, -0.05) is 6.07 Å². The van der Waals surface area contributed by atoms with Crippen molar-refractivity contribution in [3.63, 3.8) is 0 Å². The molecular formula is C16H17NO4. The van der Waals surface area contributed by atoms with E-state index >= 15 is 0 Å². The molecule has 1 aromatic rings. The predicted octanol–water partition coefficient (Wildman–Crippen LogP) is 0.0193. The second-order valence-electron chi connectivity index (χ2n) is 6.81. The van der Waals surface area contributed by atoms with Gasteiger partial charge in [0.2, 0.25) is 0 Å². The maximum atomic E-state index is 12.3. The summed E-state index contributed by atoms with van der Waals surface area (Å²) in [5, 5.41) is 24.8. The summed E-state index contributed by atoms with van der Waals surface area (Å²) in [4.78, 5) is 12.3. The monoisotopic (exact) mass is 287 g/mol. The van der Waals surface area contributed by atoms with Gasteiger partial charge in [0.15, 0.2) is 5.78 Å². The number of rotatable bonds is 0. The topological polar surface area (TPSA) is 78.8 Å². The third-order valence-electron chi connectivity index (χ3n) is 6.08. The molecule has 0 amide bonds. The lowest BCUT2D eigenvalue weighted by Gasteiger charge is -2.67. The maximum Gasteiger partial charge on any atom is 0.191 e. The normalized spacial score (nSPS) is 46.3. The zero-order chi connectivity index (χ0) is 14.4. The van der Waals surface area contributed by atoms with Gasteiger partial charge in [-0.15, -0.1) is 0 Å². The van der Waals surface area contributed by atoms with Gasteiger partial charge in [-0.25, -0.2) is 0 Å². The summed E-state index contributed by atoms with van der Waals surface area (Å²) in [5.74, 6) is 0.285. The third-order valence-corrected chi connectivity index (χ3v) is 6.08. The summed E-state index contributed by atoms with van der Waals surface area (Å²) >= 11 is 0. The van der Waals surface area contributed by atoms with Crippen LogP contribution in [-0.4, -0.2) is 46.4 Å². The minimum Gasteiger partial charge on any atom is -0.508 e. The van der Waals surface area contributed by atoms with Gasteiger partial charge in [-0.05, 0) is 42.6 Å². The molecule has 2 aliphatic carbocycles. The zero-order valence-electron chi connectivity index (χ0n) is 11.5. The minimum atomic E-state index is -0.965. The molecule has 3 aliphatic heterocycles. The van der Waals surface area contributed by atoms with E-state index in [-0.39, 0.29) is 17.6 Å². The molecule has 5 atom stereocenters. The molecule has 3 N–H and O–H groups in total. The Bertz CT molecular complexity index is 674. The Hall–Kier alpha value is -1.43. The van der Waals surface area contributed by atoms with E-state index in [1.54, 1.807) is 12.1 Å². The average Bonchev–Trinajstić information content (AvgIpc) is 2.46. The molecule has 110 valence electrons. The first-order chi connectivity index (χ1) is 10.1. The number of aliphatic hydroxyl groups is 1. The Labute approximate surface area is 121 Å². The van der Waals surface area contributed by atoms with Gasteiger partial charge < -0.3 is 20.3 Å². The first kappa shape index (κ1) is 12.1. The Kier molecular flexibility index (Phi) is 2.01. The van der Waals surface area contributed by atoms with E-state index in [0.29, 0.717) is 12.8 Å². The van der Waals surface area contributed by atoms with Gasteiger partial charge in [0, 0.05) is 12.5 Å². The zero-order valence-corrected chi connectivity index (χ0v) is 11.5. The highest BCUT2D eigenvalue weighted by atomic mass is 16.5. The molecule has 5 aliphatic rings. The first-order valence-electron chi connectivity index (χ1n) is 7.53. The number of fused-ring (bicyclic) bond motifs is 1. The van der Waals surface area contributed by atoms with Crippen LogP contribution < -0.4 is 5.32 Å². The Morgan fingerprint density at radius 1 is 1.38 bits per heavy atom. The number of carbonyl (C=O) groups excluding carboxylic acids is 1. The molecule has 4 bridgehead atoms. The number of ether oxygens (including phenoxy) is 1. The average molecular weight is 287 g/mol.